The van der Waals surface area contributed by atoms with E-state index in [2.05, 4.69) is 5.32 Å². The van der Waals surface area contributed by atoms with E-state index in [1.807, 2.05) is 70.1 Å². The maximum absolute atomic E-state index is 13.7. The quantitative estimate of drug-likeness (QED) is 0.00766. The minimum absolute atomic E-state index is 0. The van der Waals surface area contributed by atoms with Crippen LogP contribution in [0.15, 0.2) is 161 Å². The molecule has 0 saturated carbocycles. The molecule has 2 aliphatic rings. The Balaban J connectivity index is 0.00000778. The van der Waals surface area contributed by atoms with E-state index >= 15 is 0 Å². The molecule has 1 amide bonds. The maximum atomic E-state index is 13.7. The third-order valence-electron chi connectivity index (χ3n) is 17.5. The average Bonchev–Trinajstić information content (AvgIpc) is 1.59. The number of nitrogens with one attached hydrogen (secondary N) is 1. The van der Waals surface area contributed by atoms with Crippen LogP contribution in [0.5, 0.6) is 0 Å². The van der Waals surface area contributed by atoms with Crippen LogP contribution in [-0.4, -0.2) is 198 Å². The fourth-order valence-electron chi connectivity index (χ4n) is 12.4. The summed E-state index contributed by atoms with van der Waals surface area (Å²) >= 11 is 0. The van der Waals surface area contributed by atoms with E-state index in [0.717, 1.165) is 10.6 Å². The van der Waals surface area contributed by atoms with Crippen LogP contribution in [-0.2, 0) is 89.3 Å². The van der Waals surface area contributed by atoms with Crippen LogP contribution in [0.2, 0.25) is 0 Å². The predicted octanol–water partition coefficient (Wildman–Crippen LogP) is -1.41. The van der Waals surface area contributed by atoms with Crippen molar-refractivity contribution >= 4 is 99.1 Å². The summed E-state index contributed by atoms with van der Waals surface area (Å²) in [6, 6.07) is 32.4. The largest absolute Gasteiger partial charge is 1.00 e. The van der Waals surface area contributed by atoms with Crippen LogP contribution in [0.4, 0.5) is 11.4 Å². The fourth-order valence-corrected chi connectivity index (χ4v) is 16.9. The van der Waals surface area contributed by atoms with Gasteiger partial charge in [0.2, 0.25) is 5.69 Å². The molecule has 2 heterocycles. The van der Waals surface area contributed by atoms with Gasteiger partial charge in [0.15, 0.2) is 5.71 Å². The van der Waals surface area contributed by atoms with Gasteiger partial charge in [0.25, 0.3) is 26.1 Å². The normalized spacial score (nSPS) is 16.3. The Morgan fingerprint density at radius 2 is 1.14 bits per heavy atom. The molecule has 2 aliphatic heterocycles. The van der Waals surface area contributed by atoms with Crippen molar-refractivity contribution < 1.29 is 193 Å². The number of methoxy groups -OCH3 is 2. The first kappa shape index (κ1) is 93.6. The predicted molar refractivity (Wildman–Crippen MR) is 386 cm³/mol. The molecule has 5 aromatic carbocycles. The summed E-state index contributed by atoms with van der Waals surface area (Å²) in [6.45, 7) is 8.05. The Morgan fingerprint density at radius 3 is 1.70 bits per heavy atom. The number of ketones is 1. The minimum Gasteiger partial charge on any atom is -0.748 e. The van der Waals surface area contributed by atoms with Crippen molar-refractivity contribution in [2.24, 2.45) is 0 Å². The second-order valence-electron chi connectivity index (χ2n) is 24.7. The van der Waals surface area contributed by atoms with Gasteiger partial charge in [0, 0.05) is 90.6 Å². The van der Waals surface area contributed by atoms with E-state index in [1.165, 1.54) is 43.5 Å². The van der Waals surface area contributed by atoms with Crippen molar-refractivity contribution in [1.82, 2.24) is 5.32 Å². The molecule has 0 fully saturated rings. The molecule has 33 heteroatoms. The molecule has 556 valence electrons. The Kier molecular flexibility index (Phi) is 40.6. The topological polar surface area (TPSA) is 357 Å². The van der Waals surface area contributed by atoms with Crippen LogP contribution in [0.25, 0.3) is 0 Å². The third kappa shape index (κ3) is 28.8. The number of amides is 1. The number of rotatable bonds is 46. The molecule has 7 rings (SSSR count). The first-order chi connectivity index (χ1) is 48.6. The van der Waals surface area contributed by atoms with Crippen molar-refractivity contribution in [2.75, 3.05) is 123 Å². The SMILES string of the molecule is COCCOCCOCCOCCOCCOCCN1C(=CC=CC=CC2=[N+](CCCCCC(=O)CCCNC(=O)c3ccc(C(=O)OC)c(P(c4ccccc4)c4ccccc4)c3)c3ccc(S(=O)(=O)[O-])cc3C2(C)CCCS(=O)(=O)[O-])C(C)(CCCS(=O)(=O)O)c2cc(S(=O)(=O)O)ccc21.[Na+].[Na+].[Na+]. The standard InChI is InChI=1S/C72H92N3O22PS4.3Na/c1-71(34-18-50-99(79,80)81)62-53-59(101(85,86)87)29-32-64(62)74(37-16-8-9-20-56(76)21-17-36-73-69(77)55-28-31-61(70(78)92-4)66(52-55)98(57-22-10-5-11-23-57)58-24-12-6-13-25-58)67(71)26-14-7-15-27-68-72(2,35-19-51-100(82,83)84)63-54-60(102(88,89)90)30-33-65(63)75(68)38-39-93-42-43-95-46-47-97-49-48-96-45-44-94-41-40-91-3;;;/h5-7,10-15,22-33,52-54H,8-9,16-21,34-51H2,1-4H3,(H4-,73,77,79,80,81,82,83,84,85,86,87,88,89,90);;;/q;3*+1/p-1. The van der Waals surface area contributed by atoms with Gasteiger partial charge in [0.1, 0.15) is 22.4 Å². The zero-order valence-electron chi connectivity index (χ0n) is 60.8. The Hall–Kier alpha value is -3.77. The first-order valence-corrected chi connectivity index (χ1v) is 40.9. The maximum Gasteiger partial charge on any atom is 1.00 e. The van der Waals surface area contributed by atoms with Gasteiger partial charge in [0.05, 0.1) is 116 Å². The monoisotopic (exact) mass is 1580 g/mol. The summed E-state index contributed by atoms with van der Waals surface area (Å²) in [4.78, 5) is 41.1. The summed E-state index contributed by atoms with van der Waals surface area (Å²) in [5.41, 5.74) is 1.43. The van der Waals surface area contributed by atoms with Crippen molar-refractivity contribution in [3.8, 4) is 0 Å². The summed E-state index contributed by atoms with van der Waals surface area (Å²) in [5.74, 6) is -2.26. The number of fused-ring (bicyclic) bond motifs is 2. The van der Waals surface area contributed by atoms with Crippen molar-refractivity contribution in [1.29, 1.82) is 0 Å². The molecule has 5 aromatic rings. The van der Waals surface area contributed by atoms with Gasteiger partial charge in [-0.15, -0.1) is 0 Å². The molecule has 2 atom stereocenters. The average molecular weight is 1580 g/mol. The van der Waals surface area contributed by atoms with Gasteiger partial charge in [-0.3, -0.25) is 18.7 Å². The number of carbonyl (C=O) groups is 3. The second kappa shape index (κ2) is 45.5. The molecule has 0 radical (unpaired) electrons. The smallest absolute Gasteiger partial charge is 0.748 e. The molecule has 0 aromatic heterocycles. The van der Waals surface area contributed by atoms with Gasteiger partial charge in [-0.05, 0) is 137 Å². The van der Waals surface area contributed by atoms with Gasteiger partial charge in [-0.2, -0.15) is 21.4 Å². The number of nitrogens with zero attached hydrogens (tertiary/aromatic N) is 2. The molecule has 3 N–H and O–H groups in total. The molecule has 0 aliphatic carbocycles. The number of Topliss-reactive ketones (excluding diaryl/α,β-unsaturated/α-hetero) is 1. The second-order valence-corrected chi connectivity index (χ2v) is 32.8. The number of hydrogen-bond acceptors (Lipinski definition) is 21. The van der Waals surface area contributed by atoms with Crippen LogP contribution >= 0.6 is 7.92 Å². The number of allylic oxidation sites excluding steroid dienone is 6. The van der Waals surface area contributed by atoms with Crippen molar-refractivity contribution in [3.05, 3.63) is 174 Å². The molecular formula is C72H91N3Na3O22PS4+2. The number of hydrogen-bond donors (Lipinski definition) is 3. The van der Waals surface area contributed by atoms with E-state index in [1.54, 1.807) is 69.5 Å². The van der Waals surface area contributed by atoms with Crippen LogP contribution in [0.1, 0.15) is 110 Å². The first-order valence-electron chi connectivity index (χ1n) is 33.5. The Labute approximate surface area is 685 Å². The summed E-state index contributed by atoms with van der Waals surface area (Å²) in [7, 11) is -17.2. The summed E-state index contributed by atoms with van der Waals surface area (Å²) in [5, 5.41) is 5.52. The van der Waals surface area contributed by atoms with E-state index < -0.39 is 86.5 Å². The van der Waals surface area contributed by atoms with Crippen LogP contribution < -0.4 is 115 Å². The van der Waals surface area contributed by atoms with E-state index in [0.29, 0.717) is 135 Å². The number of esters is 1. The number of unbranched alkanes of at least 4 members (excludes halogenated alkanes) is 2. The number of ether oxygens (including phenoxy) is 7. The Bertz CT molecular complexity index is 4230. The fraction of sp³-hybridized carbons (Fsp3) is 0.444. The molecular weight excluding hydrogens is 1490 g/mol. The van der Waals surface area contributed by atoms with Gasteiger partial charge >= 0.3 is 94.6 Å². The number of anilines is 1. The molecule has 25 nitrogen and oxygen atoms in total. The number of benzene rings is 5. The molecule has 2 unspecified atom stereocenters. The molecule has 0 spiro atoms. The molecule has 0 saturated heterocycles. The molecule has 0 bridgehead atoms. The van der Waals surface area contributed by atoms with Gasteiger partial charge in [-0.1, -0.05) is 78.9 Å². The zero-order valence-corrected chi connectivity index (χ0v) is 70.9. The number of carbonyl (C=O) groups excluding carboxylic acids is 3. The van der Waals surface area contributed by atoms with Crippen LogP contribution in [0.3, 0.4) is 0 Å². The third-order valence-corrected chi connectivity index (χ3v) is 23.2. The van der Waals surface area contributed by atoms with Crippen LogP contribution in [0, 0.1) is 0 Å². The summed E-state index contributed by atoms with van der Waals surface area (Å²) < 4.78 is 183. The van der Waals surface area contributed by atoms with E-state index in [-0.39, 0.29) is 172 Å². The van der Waals surface area contributed by atoms with Crippen molar-refractivity contribution in [3.63, 3.8) is 0 Å². The van der Waals surface area contributed by atoms with Gasteiger partial charge < -0.3 is 52.5 Å². The van der Waals surface area contributed by atoms with E-state index in [9.17, 15) is 66.3 Å². The van der Waals surface area contributed by atoms with Gasteiger partial charge in [-0.25, -0.2) is 21.6 Å². The Morgan fingerprint density at radius 1 is 0.590 bits per heavy atom. The van der Waals surface area contributed by atoms with Crippen molar-refractivity contribution in [2.45, 2.75) is 98.7 Å². The minimum atomic E-state index is -4.99. The molecule has 105 heavy (non-hydrogen) atoms. The zero-order chi connectivity index (χ0) is 74.0. The van der Waals surface area contributed by atoms with E-state index in [4.69, 9.17) is 33.2 Å². The summed E-state index contributed by atoms with van der Waals surface area (Å²) in [6.07, 6.45) is 10.8.